The number of halogens is 1. The van der Waals surface area contributed by atoms with Crippen LogP contribution in [0.5, 0.6) is 0 Å². The molecule has 2 aromatic rings. The van der Waals surface area contributed by atoms with Gasteiger partial charge in [-0.15, -0.1) is 0 Å². The molecule has 158 valence electrons. The molecule has 3 aliphatic rings. The second-order valence-corrected chi connectivity index (χ2v) is 9.10. The Morgan fingerprint density at radius 2 is 2.07 bits per heavy atom. The molecule has 3 heterocycles. The second-order valence-electron chi connectivity index (χ2n) is 9.10. The minimum atomic E-state index is -0.747. The molecule has 1 atom stereocenters. The third kappa shape index (κ3) is 2.97. The highest BCUT2D eigenvalue weighted by atomic mass is 19.1. The van der Waals surface area contributed by atoms with Crippen molar-refractivity contribution in [3.8, 4) is 0 Å². The molecule has 4 N–H and O–H groups in total. The number of amidine groups is 1. The average molecular weight is 410 g/mol. The van der Waals surface area contributed by atoms with Crippen molar-refractivity contribution in [3.05, 3.63) is 41.1 Å². The molecule has 2 aliphatic heterocycles. The Kier molecular flexibility index (Phi) is 4.34. The molecule has 8 heteroatoms. The number of hydrogen-bond donors (Lipinski definition) is 3. The van der Waals surface area contributed by atoms with Gasteiger partial charge in [-0.1, -0.05) is 25.7 Å². The molecule has 1 saturated carbocycles. The van der Waals surface area contributed by atoms with Crippen LogP contribution in [0.2, 0.25) is 0 Å². The number of rotatable bonds is 4. The molecule has 0 radical (unpaired) electrons. The highest BCUT2D eigenvalue weighted by molar-refractivity contribution is 6.09. The van der Waals surface area contributed by atoms with Gasteiger partial charge in [0.25, 0.3) is 0 Å². The Morgan fingerprint density at radius 3 is 2.83 bits per heavy atom. The molecule has 1 aromatic heterocycles. The summed E-state index contributed by atoms with van der Waals surface area (Å²) in [5.41, 5.74) is 7.86. The van der Waals surface area contributed by atoms with Crippen molar-refractivity contribution in [2.45, 2.75) is 58.7 Å². The summed E-state index contributed by atoms with van der Waals surface area (Å²) in [4.78, 5) is 16.9. The zero-order chi connectivity index (χ0) is 21.0. The molecule has 0 spiro atoms. The van der Waals surface area contributed by atoms with Crippen molar-refractivity contribution in [1.82, 2.24) is 20.4 Å². The first kappa shape index (κ1) is 19.1. The fourth-order valence-corrected chi connectivity index (χ4v) is 4.98. The van der Waals surface area contributed by atoms with Gasteiger partial charge in [0.2, 0.25) is 12.2 Å². The van der Waals surface area contributed by atoms with Crippen molar-refractivity contribution in [1.29, 1.82) is 0 Å². The molecule has 5 rings (SSSR count). The summed E-state index contributed by atoms with van der Waals surface area (Å²) in [5.74, 6) is 1.21. The topological polar surface area (TPSA) is 97.3 Å². The number of amides is 1. The van der Waals surface area contributed by atoms with Crippen LogP contribution in [-0.4, -0.2) is 21.5 Å². The number of fused-ring (bicyclic) bond motifs is 1. The van der Waals surface area contributed by atoms with E-state index in [1.54, 1.807) is 16.8 Å². The van der Waals surface area contributed by atoms with Crippen LogP contribution in [0.4, 0.5) is 4.39 Å². The molecular formula is C22H27FN6O. The maximum absolute atomic E-state index is 14.0. The van der Waals surface area contributed by atoms with Crippen LogP contribution in [0.3, 0.4) is 0 Å². The normalized spacial score (nSPS) is 23.5. The van der Waals surface area contributed by atoms with E-state index in [0.29, 0.717) is 17.2 Å². The van der Waals surface area contributed by atoms with Gasteiger partial charge in [-0.3, -0.25) is 4.79 Å². The second kappa shape index (κ2) is 6.82. The van der Waals surface area contributed by atoms with Crippen LogP contribution in [0.25, 0.3) is 10.9 Å². The van der Waals surface area contributed by atoms with Crippen LogP contribution in [0, 0.1) is 17.2 Å². The third-order valence-electron chi connectivity index (χ3n) is 6.71. The quantitative estimate of drug-likeness (QED) is 0.722. The summed E-state index contributed by atoms with van der Waals surface area (Å²) in [7, 11) is 0. The molecule has 30 heavy (non-hydrogen) atoms. The van der Waals surface area contributed by atoms with E-state index in [2.05, 4.69) is 15.6 Å². The van der Waals surface area contributed by atoms with Crippen LogP contribution >= 0.6 is 0 Å². The monoisotopic (exact) mass is 410 g/mol. The SMILES string of the molecule is CC1(C)C(=O)NC2=C1C(N)=NC(n1nc(CCC3CCCC3)c3cc(F)ccc31)N2. The first-order valence-corrected chi connectivity index (χ1v) is 10.7. The number of aliphatic imine (C=N–C) groups is 1. The van der Waals surface area contributed by atoms with E-state index >= 15 is 0 Å². The smallest absolute Gasteiger partial charge is 0.235 e. The van der Waals surface area contributed by atoms with Crippen LogP contribution < -0.4 is 16.4 Å². The number of nitrogens with two attached hydrogens (primary N) is 1. The van der Waals surface area contributed by atoms with Crippen molar-refractivity contribution < 1.29 is 9.18 Å². The molecule has 1 aliphatic carbocycles. The Bertz CT molecular complexity index is 1090. The Labute approximate surface area is 174 Å². The van der Waals surface area contributed by atoms with E-state index in [9.17, 15) is 9.18 Å². The number of aromatic nitrogens is 2. The van der Waals surface area contributed by atoms with E-state index in [1.807, 2.05) is 13.8 Å². The lowest BCUT2D eigenvalue weighted by atomic mass is 9.85. The number of aryl methyl sites for hydroxylation is 1. The Hall–Kier alpha value is -2.90. The number of hydrogen-bond acceptors (Lipinski definition) is 5. The Morgan fingerprint density at radius 1 is 1.30 bits per heavy atom. The van der Waals surface area contributed by atoms with Crippen molar-refractivity contribution >= 4 is 22.6 Å². The zero-order valence-electron chi connectivity index (χ0n) is 17.3. The fraction of sp³-hybridized carbons (Fsp3) is 0.500. The number of nitrogens with one attached hydrogen (secondary N) is 2. The van der Waals surface area contributed by atoms with E-state index < -0.39 is 11.7 Å². The van der Waals surface area contributed by atoms with Crippen LogP contribution in [0.1, 0.15) is 57.9 Å². The summed E-state index contributed by atoms with van der Waals surface area (Å²) in [6.45, 7) is 3.64. The van der Waals surface area contributed by atoms with Gasteiger partial charge in [-0.25, -0.2) is 14.1 Å². The number of carbonyl (C=O) groups is 1. The van der Waals surface area contributed by atoms with Gasteiger partial charge in [0.15, 0.2) is 0 Å². The lowest BCUT2D eigenvalue weighted by Gasteiger charge is -2.26. The summed E-state index contributed by atoms with van der Waals surface area (Å²) in [6, 6.07) is 4.71. The third-order valence-corrected chi connectivity index (χ3v) is 6.71. The molecule has 1 amide bonds. The number of nitrogens with zero attached hydrogens (tertiary/aromatic N) is 3. The summed E-state index contributed by atoms with van der Waals surface area (Å²) in [5, 5.41) is 11.7. The van der Waals surface area contributed by atoms with Gasteiger partial charge in [0.05, 0.1) is 16.6 Å². The molecule has 0 bridgehead atoms. The minimum absolute atomic E-state index is 0.122. The molecule has 7 nitrogen and oxygen atoms in total. The van der Waals surface area contributed by atoms with Gasteiger partial charge in [0, 0.05) is 11.0 Å². The fourth-order valence-electron chi connectivity index (χ4n) is 4.98. The molecule has 1 unspecified atom stereocenters. The maximum atomic E-state index is 14.0. The highest BCUT2D eigenvalue weighted by Crippen LogP contribution is 2.37. The maximum Gasteiger partial charge on any atom is 0.235 e. The summed E-state index contributed by atoms with van der Waals surface area (Å²) < 4.78 is 15.8. The summed E-state index contributed by atoms with van der Waals surface area (Å²) >= 11 is 0. The number of benzene rings is 1. The largest absolute Gasteiger partial charge is 0.384 e. The van der Waals surface area contributed by atoms with Crippen LogP contribution in [-0.2, 0) is 11.2 Å². The molecule has 1 fully saturated rings. The first-order chi connectivity index (χ1) is 14.3. The molecule has 0 saturated heterocycles. The number of carbonyl (C=O) groups excluding carboxylic acids is 1. The standard InChI is InChI=1S/C22H27FN6O/c1-22(2)17-18(24)25-21(27-19(17)26-20(22)30)29-16-10-8-13(23)11-14(16)15(28-29)9-7-12-5-3-4-6-12/h8,10-12,21,27H,3-7,9H2,1-2H3,(H2,24,25)(H,26,30). The lowest BCUT2D eigenvalue weighted by Crippen LogP contribution is -2.38. The predicted molar refractivity (Wildman–Crippen MR) is 113 cm³/mol. The Balaban J connectivity index is 1.50. The van der Waals surface area contributed by atoms with Gasteiger partial charge in [-0.05, 0) is 50.8 Å². The summed E-state index contributed by atoms with van der Waals surface area (Å²) in [6.07, 6.45) is 6.40. The van der Waals surface area contributed by atoms with E-state index in [-0.39, 0.29) is 11.7 Å². The van der Waals surface area contributed by atoms with E-state index in [0.717, 1.165) is 35.4 Å². The van der Waals surface area contributed by atoms with Crippen molar-refractivity contribution in [2.75, 3.05) is 0 Å². The average Bonchev–Trinajstić information content (AvgIpc) is 3.38. The molecule has 1 aromatic carbocycles. The van der Waals surface area contributed by atoms with Gasteiger partial charge in [-0.2, -0.15) is 5.10 Å². The molecular weight excluding hydrogens is 383 g/mol. The highest BCUT2D eigenvalue weighted by Gasteiger charge is 2.45. The van der Waals surface area contributed by atoms with Gasteiger partial charge < -0.3 is 16.4 Å². The van der Waals surface area contributed by atoms with E-state index in [1.165, 1.54) is 31.7 Å². The zero-order valence-corrected chi connectivity index (χ0v) is 17.3. The van der Waals surface area contributed by atoms with Crippen LogP contribution in [0.15, 0.2) is 34.6 Å². The van der Waals surface area contributed by atoms with E-state index in [4.69, 9.17) is 10.8 Å². The minimum Gasteiger partial charge on any atom is -0.384 e. The predicted octanol–water partition coefficient (Wildman–Crippen LogP) is 3.08. The first-order valence-electron chi connectivity index (χ1n) is 10.7. The van der Waals surface area contributed by atoms with Crippen molar-refractivity contribution in [2.24, 2.45) is 22.1 Å². The van der Waals surface area contributed by atoms with Crippen molar-refractivity contribution in [3.63, 3.8) is 0 Å². The lowest BCUT2D eigenvalue weighted by molar-refractivity contribution is -0.125. The van der Waals surface area contributed by atoms with Gasteiger partial charge >= 0.3 is 0 Å². The van der Waals surface area contributed by atoms with Gasteiger partial charge in [0.1, 0.15) is 17.5 Å².